The van der Waals surface area contributed by atoms with E-state index >= 15 is 0 Å². The van der Waals surface area contributed by atoms with Crippen LogP contribution in [0.15, 0.2) is 15.8 Å². The van der Waals surface area contributed by atoms with Crippen LogP contribution in [0.2, 0.25) is 2.82 Å². The summed E-state index contributed by atoms with van der Waals surface area (Å²) in [6.07, 6.45) is 0.947. The summed E-state index contributed by atoms with van der Waals surface area (Å²) in [7, 11) is 0. The summed E-state index contributed by atoms with van der Waals surface area (Å²) in [5.74, 6) is 0. The molecule has 0 amide bonds. The molecular weight excluding hydrogens is 120 g/mol. The Labute approximate surface area is 54.9 Å². The predicted molar refractivity (Wildman–Crippen MR) is 32.4 cm³/mol. The molecule has 0 aliphatic heterocycles. The third-order valence-corrected chi connectivity index (χ3v) is 0.803. The molecule has 4 heteroatoms. The molecule has 0 saturated carbocycles. The molecule has 4 nitrogen and oxygen atoms in total. The second-order valence-electron chi connectivity index (χ2n) is 1.48. The fourth-order valence-electron chi connectivity index (χ4n) is 0.376. The largest absolute Gasteiger partial charge is 0.325 e. The smallest absolute Gasteiger partial charge is 0.314 e. The Kier molecular flexibility index (Phi) is 0.631. The second kappa shape index (κ2) is 1.89. The predicted octanol–water partition coefficient (Wildman–Crippen LogP) is -0.628. The monoisotopic (exact) mass is 129 g/mol. The molecule has 0 aromatic carbocycles. The van der Waals surface area contributed by atoms with E-state index in [4.69, 9.17) is 4.19 Å². The molecule has 0 saturated heterocycles. The zero-order valence-electron chi connectivity index (χ0n) is 7.50. The normalized spacial score (nSPS) is 14.0. The highest BCUT2D eigenvalue weighted by Gasteiger charge is 1.88. The van der Waals surface area contributed by atoms with Gasteiger partial charge in [0.2, 0.25) is 0 Å². The lowest BCUT2D eigenvalue weighted by Crippen LogP contribution is -2.22. The van der Waals surface area contributed by atoms with Crippen molar-refractivity contribution in [2.45, 2.75) is 6.90 Å². The first-order valence-electron chi connectivity index (χ1n) is 3.83. The van der Waals surface area contributed by atoms with Crippen molar-refractivity contribution < 1.29 is 4.19 Å². The number of hydrogen-bond acceptors (Lipinski definition) is 2. The third-order valence-electron chi connectivity index (χ3n) is 0.803. The van der Waals surface area contributed by atoms with Crippen LogP contribution in [0.4, 0.5) is 0 Å². The van der Waals surface area contributed by atoms with Gasteiger partial charge < -0.3 is 4.98 Å². The van der Waals surface area contributed by atoms with Crippen LogP contribution >= 0.6 is 0 Å². The van der Waals surface area contributed by atoms with E-state index in [1.807, 2.05) is 0 Å². The van der Waals surface area contributed by atoms with Gasteiger partial charge in [-0.2, -0.15) is 0 Å². The zero-order chi connectivity index (χ0) is 9.30. The number of rotatable bonds is 0. The van der Waals surface area contributed by atoms with Gasteiger partial charge in [0.05, 0.1) is 0 Å². The fourth-order valence-corrected chi connectivity index (χ4v) is 0.376. The van der Waals surface area contributed by atoms with E-state index < -0.39 is 11.2 Å². The molecule has 0 radical (unpaired) electrons. The van der Waals surface area contributed by atoms with Crippen molar-refractivity contribution in [3.05, 3.63) is 32.6 Å². The average Bonchev–Trinajstić information content (AvgIpc) is 2.08. The summed E-state index contributed by atoms with van der Waals surface area (Å²) in [4.78, 5) is 22.1. The van der Waals surface area contributed by atoms with E-state index in [9.17, 15) is 9.59 Å². The van der Waals surface area contributed by atoms with Gasteiger partial charge in [0.15, 0.2) is 2.82 Å². The highest BCUT2D eigenvalue weighted by molar-refractivity contribution is 4.98. The maximum absolute atomic E-state index is 10.9. The van der Waals surface area contributed by atoms with E-state index in [0.717, 1.165) is 6.20 Å². The number of H-pyrrole nitrogens is 2. The van der Waals surface area contributed by atoms with Crippen molar-refractivity contribution in [2.24, 2.45) is 0 Å². The number of aryl methyl sites for hydroxylation is 1. The zero-order valence-corrected chi connectivity index (χ0v) is 4.50. The first-order chi connectivity index (χ1) is 5.57. The summed E-state index contributed by atoms with van der Waals surface area (Å²) in [5, 5.41) is 0. The first kappa shape index (κ1) is 3.00. The molecule has 0 atom stereocenters. The quantitative estimate of drug-likeness (QED) is 0.490. The van der Waals surface area contributed by atoms with Crippen molar-refractivity contribution in [2.75, 3.05) is 0 Å². The summed E-state index contributed by atoms with van der Waals surface area (Å²) >= 11 is 0. The highest BCUT2D eigenvalue weighted by atomic mass is 16.2. The average molecular weight is 129 g/mol. The summed E-state index contributed by atoms with van der Waals surface area (Å²) in [6, 6.07) is 0. The summed E-state index contributed by atoms with van der Waals surface area (Å²) < 4.78 is 20.7. The molecule has 48 valence electrons. The van der Waals surface area contributed by atoms with Crippen molar-refractivity contribution in [3.63, 3.8) is 0 Å². The molecule has 0 aliphatic rings. The van der Waals surface area contributed by atoms with Crippen molar-refractivity contribution in [1.29, 1.82) is 0 Å². The molecule has 0 spiro atoms. The van der Waals surface area contributed by atoms with Gasteiger partial charge in [-0.25, -0.2) is 4.79 Å². The van der Waals surface area contributed by atoms with Crippen LogP contribution in [0, 0.1) is 6.90 Å². The van der Waals surface area contributed by atoms with Crippen LogP contribution in [0.3, 0.4) is 0 Å². The van der Waals surface area contributed by atoms with E-state index in [1.54, 1.807) is 0 Å². The van der Waals surface area contributed by atoms with E-state index in [1.165, 1.54) is 0 Å². The Morgan fingerprint density at radius 2 is 2.56 bits per heavy atom. The Morgan fingerprint density at radius 1 is 1.78 bits per heavy atom. The van der Waals surface area contributed by atoms with Crippen molar-refractivity contribution in [3.8, 4) is 0 Å². The Hall–Kier alpha value is -1.32. The molecule has 1 heterocycles. The molecule has 2 N–H and O–H groups in total. The molecule has 1 aromatic heterocycles. The number of hydrogen-bond donors (Lipinski definition) is 2. The van der Waals surface area contributed by atoms with Gasteiger partial charge in [0, 0.05) is 13.1 Å². The van der Waals surface area contributed by atoms with Gasteiger partial charge in [0.25, 0.3) is 5.56 Å². The Balaban J connectivity index is 3.61. The highest BCUT2D eigenvalue weighted by Crippen LogP contribution is 1.73. The van der Waals surface area contributed by atoms with E-state index in [2.05, 4.69) is 0 Å². The van der Waals surface area contributed by atoms with Crippen molar-refractivity contribution >= 4 is 0 Å². The topological polar surface area (TPSA) is 65.7 Å². The lowest BCUT2D eigenvalue weighted by molar-refractivity contribution is 1.01. The second-order valence-corrected chi connectivity index (χ2v) is 1.48. The van der Waals surface area contributed by atoms with Gasteiger partial charge in [0.1, 0.15) is 0 Å². The Bertz CT molecular complexity index is 408. The van der Waals surface area contributed by atoms with Crippen LogP contribution in [0.5, 0.6) is 0 Å². The van der Waals surface area contributed by atoms with Gasteiger partial charge in [-0.15, -0.1) is 0 Å². The molecular formula is C5H6N2O2. The van der Waals surface area contributed by atoms with Gasteiger partial charge in [-0.05, 0) is 6.90 Å². The standard InChI is InChI=1S/C5H6N2O2/c1-3-2-6-5(9)7-4(3)8/h2H,1H3,(H2,6,7,8,9)/i1D/hD2. The van der Waals surface area contributed by atoms with Gasteiger partial charge in [-0.1, -0.05) is 0 Å². The van der Waals surface area contributed by atoms with Crippen LogP contribution < -0.4 is 11.2 Å². The number of aromatic nitrogens is 2. The van der Waals surface area contributed by atoms with Crippen LogP contribution in [0.1, 0.15) is 6.93 Å². The summed E-state index contributed by atoms with van der Waals surface area (Å²) in [6.45, 7) is -0.336. The minimum absolute atomic E-state index is 0.0420. The number of aromatic amines is 2. The summed E-state index contributed by atoms with van der Waals surface area (Å²) in [5.41, 5.74) is -1.91. The fraction of sp³-hybridized carbons (Fsp3) is 0.200. The van der Waals surface area contributed by atoms with Crippen LogP contribution in [0.25, 0.3) is 0 Å². The maximum atomic E-state index is 10.9. The molecule has 9 heavy (non-hydrogen) atoms. The minimum atomic E-state index is -1.03. The molecule has 1 rings (SSSR count). The minimum Gasteiger partial charge on any atom is -0.314 e. The molecule has 1 aromatic rings. The molecule has 0 unspecified atom stereocenters. The van der Waals surface area contributed by atoms with E-state index in [0.29, 0.717) is 4.98 Å². The number of nitrogens with one attached hydrogen (secondary N) is 2. The molecule has 0 aliphatic carbocycles. The molecule has 0 bridgehead atoms. The molecule has 0 fully saturated rings. The van der Waals surface area contributed by atoms with Crippen molar-refractivity contribution in [1.82, 2.24) is 9.95 Å². The first-order valence-corrected chi connectivity index (χ1v) is 2.23. The lowest BCUT2D eigenvalue weighted by Gasteiger charge is -1.84. The third kappa shape index (κ3) is 1.07. The van der Waals surface area contributed by atoms with Gasteiger partial charge in [-0.3, -0.25) is 9.77 Å². The van der Waals surface area contributed by atoms with Gasteiger partial charge >= 0.3 is 5.69 Å². The SMILES string of the molecule is [2H]Cc1cn([2H])c(=O)n([2H])c1=O. The lowest BCUT2D eigenvalue weighted by atomic mass is 10.4. The Morgan fingerprint density at radius 3 is 3.22 bits per heavy atom. The van der Waals surface area contributed by atoms with Crippen LogP contribution in [-0.4, -0.2) is 9.95 Å². The maximum Gasteiger partial charge on any atom is 0.325 e. The van der Waals surface area contributed by atoms with Crippen LogP contribution in [-0.2, 0) is 0 Å². The van der Waals surface area contributed by atoms with E-state index in [-0.39, 0.29) is 17.4 Å².